The van der Waals surface area contributed by atoms with Crippen LogP contribution in [-0.2, 0) is 17.9 Å². The fourth-order valence-electron chi connectivity index (χ4n) is 4.14. The third-order valence-corrected chi connectivity index (χ3v) is 5.96. The van der Waals surface area contributed by atoms with Gasteiger partial charge in [-0.25, -0.2) is 15.0 Å². The topological polar surface area (TPSA) is 96.2 Å². The molecule has 5 rings (SSSR count). The second-order valence-corrected chi connectivity index (χ2v) is 8.16. The maximum Gasteiger partial charge on any atom is 0.223 e. The van der Waals surface area contributed by atoms with Gasteiger partial charge in [0.15, 0.2) is 0 Å². The Balaban J connectivity index is 1.21. The Morgan fingerprint density at radius 2 is 1.88 bits per heavy atom. The summed E-state index contributed by atoms with van der Waals surface area (Å²) in [5.41, 5.74) is 2.02. The van der Waals surface area contributed by atoms with E-state index >= 15 is 0 Å². The van der Waals surface area contributed by atoms with Crippen molar-refractivity contribution in [3.8, 4) is 0 Å². The molecule has 2 N–H and O–H groups in total. The van der Waals surface area contributed by atoms with Crippen LogP contribution in [0.1, 0.15) is 24.2 Å². The van der Waals surface area contributed by atoms with Crippen LogP contribution >= 0.6 is 0 Å². The van der Waals surface area contributed by atoms with Crippen LogP contribution in [0.3, 0.4) is 0 Å². The molecule has 8 nitrogen and oxygen atoms in total. The lowest BCUT2D eigenvalue weighted by atomic mass is 9.95. The average Bonchev–Trinajstić information content (AvgIpc) is 3.40. The molecule has 0 saturated carbocycles. The van der Waals surface area contributed by atoms with Crippen LogP contribution < -0.4 is 15.5 Å². The van der Waals surface area contributed by atoms with Crippen molar-refractivity contribution in [3.05, 3.63) is 78.5 Å². The Morgan fingerprint density at radius 3 is 2.67 bits per heavy atom. The van der Waals surface area contributed by atoms with Gasteiger partial charge in [0.05, 0.1) is 23.7 Å². The summed E-state index contributed by atoms with van der Waals surface area (Å²) in [6.45, 7) is 2.62. The van der Waals surface area contributed by atoms with Gasteiger partial charge in [-0.2, -0.15) is 0 Å². The molecule has 0 spiro atoms. The van der Waals surface area contributed by atoms with Gasteiger partial charge in [0.25, 0.3) is 0 Å². The van der Waals surface area contributed by atoms with Crippen LogP contribution in [0.5, 0.6) is 0 Å². The van der Waals surface area contributed by atoms with E-state index in [0.717, 1.165) is 48.4 Å². The first-order chi connectivity index (χ1) is 16.3. The first kappa shape index (κ1) is 20.9. The predicted molar refractivity (Wildman–Crippen MR) is 127 cm³/mol. The summed E-state index contributed by atoms with van der Waals surface area (Å²) in [7, 11) is 0. The zero-order chi connectivity index (χ0) is 22.5. The summed E-state index contributed by atoms with van der Waals surface area (Å²) >= 11 is 0. The van der Waals surface area contributed by atoms with Gasteiger partial charge in [-0.3, -0.25) is 4.79 Å². The van der Waals surface area contributed by atoms with Gasteiger partial charge in [0.2, 0.25) is 11.9 Å². The van der Waals surface area contributed by atoms with Crippen LogP contribution in [0.15, 0.2) is 71.6 Å². The summed E-state index contributed by atoms with van der Waals surface area (Å²) < 4.78 is 5.29. The molecule has 3 aromatic heterocycles. The summed E-state index contributed by atoms with van der Waals surface area (Å²) in [6, 6.07) is 15.8. The second-order valence-electron chi connectivity index (χ2n) is 8.16. The molecule has 1 saturated heterocycles. The van der Waals surface area contributed by atoms with Gasteiger partial charge < -0.3 is 20.0 Å². The monoisotopic (exact) mass is 442 g/mol. The normalized spacial score (nSPS) is 14.4. The molecule has 0 unspecified atom stereocenters. The molecule has 1 amide bonds. The van der Waals surface area contributed by atoms with Gasteiger partial charge in [-0.15, -0.1) is 0 Å². The maximum absolute atomic E-state index is 12.5. The van der Waals surface area contributed by atoms with Crippen LogP contribution in [0.4, 0.5) is 11.8 Å². The number of anilines is 2. The number of nitrogens with zero attached hydrogens (tertiary/aromatic N) is 4. The number of amides is 1. The molecule has 0 radical (unpaired) electrons. The highest BCUT2D eigenvalue weighted by atomic mass is 16.3. The number of hydrogen-bond donors (Lipinski definition) is 2. The number of carbonyl (C=O) groups is 1. The summed E-state index contributed by atoms with van der Waals surface area (Å²) in [6.07, 6.45) is 6.79. The average molecular weight is 443 g/mol. The Morgan fingerprint density at radius 1 is 1.03 bits per heavy atom. The summed E-state index contributed by atoms with van der Waals surface area (Å²) in [5, 5.41) is 7.18. The molecule has 0 bridgehead atoms. The van der Waals surface area contributed by atoms with Crippen molar-refractivity contribution in [3.63, 3.8) is 0 Å². The summed E-state index contributed by atoms with van der Waals surface area (Å²) in [4.78, 5) is 28.5. The molecule has 168 valence electrons. The van der Waals surface area contributed by atoms with Crippen LogP contribution in [0.25, 0.3) is 10.9 Å². The number of carbonyl (C=O) groups excluding carboxylic acids is 1. The van der Waals surface area contributed by atoms with E-state index in [4.69, 9.17) is 4.42 Å². The van der Waals surface area contributed by atoms with Crippen LogP contribution in [0.2, 0.25) is 0 Å². The quantitative estimate of drug-likeness (QED) is 0.450. The molecule has 4 heterocycles. The van der Waals surface area contributed by atoms with E-state index in [1.165, 1.54) is 5.56 Å². The van der Waals surface area contributed by atoms with E-state index in [1.807, 2.05) is 42.6 Å². The van der Waals surface area contributed by atoms with Crippen LogP contribution in [-0.4, -0.2) is 33.9 Å². The highest BCUT2D eigenvalue weighted by Gasteiger charge is 2.26. The number of pyridine rings is 1. The van der Waals surface area contributed by atoms with E-state index in [0.29, 0.717) is 19.0 Å². The number of furan rings is 1. The maximum atomic E-state index is 12.5. The number of nitrogens with one attached hydrogen (secondary N) is 2. The standard InChI is InChI=1S/C25H26N6O2/c32-24(27-16-20-7-4-14-33-20)19-9-12-31(13-10-19)23-21-17-29-25(30-22(21)8-11-26-23)28-15-18-5-2-1-3-6-18/h1-8,11,14,17,19H,9-10,12-13,15-16H2,(H,27,32)(H,28,29,30). The fraction of sp³-hybridized carbons (Fsp3) is 0.280. The van der Waals surface area contributed by atoms with E-state index < -0.39 is 0 Å². The smallest absolute Gasteiger partial charge is 0.223 e. The highest BCUT2D eigenvalue weighted by Crippen LogP contribution is 2.28. The van der Waals surface area contributed by atoms with Crippen molar-refractivity contribution in [2.75, 3.05) is 23.3 Å². The van der Waals surface area contributed by atoms with Gasteiger partial charge in [-0.1, -0.05) is 30.3 Å². The molecule has 33 heavy (non-hydrogen) atoms. The molecule has 1 fully saturated rings. The van der Waals surface area contributed by atoms with Crippen molar-refractivity contribution in [2.45, 2.75) is 25.9 Å². The van der Waals surface area contributed by atoms with Gasteiger partial charge in [-0.05, 0) is 36.6 Å². The number of rotatable bonds is 7. The molecule has 4 aromatic rings. The fourth-order valence-corrected chi connectivity index (χ4v) is 4.14. The molecular formula is C25H26N6O2. The Hall–Kier alpha value is -3.94. The number of aromatic nitrogens is 3. The van der Waals surface area contributed by atoms with Crippen molar-refractivity contribution in [1.29, 1.82) is 0 Å². The highest BCUT2D eigenvalue weighted by molar-refractivity contribution is 5.89. The van der Waals surface area contributed by atoms with Gasteiger partial charge in [0, 0.05) is 37.9 Å². The third-order valence-electron chi connectivity index (χ3n) is 5.96. The first-order valence-electron chi connectivity index (χ1n) is 11.2. The lowest BCUT2D eigenvalue weighted by molar-refractivity contribution is -0.125. The van der Waals surface area contributed by atoms with E-state index in [-0.39, 0.29) is 11.8 Å². The molecular weight excluding hydrogens is 416 g/mol. The van der Waals surface area contributed by atoms with Crippen molar-refractivity contribution < 1.29 is 9.21 Å². The Labute approximate surface area is 192 Å². The lowest BCUT2D eigenvalue weighted by Crippen LogP contribution is -2.40. The number of benzene rings is 1. The number of piperidine rings is 1. The minimum absolute atomic E-state index is 0.00349. The molecule has 1 aliphatic rings. The zero-order valence-electron chi connectivity index (χ0n) is 18.3. The van der Waals surface area contributed by atoms with Crippen molar-refractivity contribution in [2.24, 2.45) is 5.92 Å². The molecule has 0 atom stereocenters. The van der Waals surface area contributed by atoms with Gasteiger partial charge >= 0.3 is 0 Å². The van der Waals surface area contributed by atoms with Crippen molar-refractivity contribution >= 4 is 28.6 Å². The molecule has 1 aliphatic heterocycles. The number of hydrogen-bond acceptors (Lipinski definition) is 7. The predicted octanol–water partition coefficient (Wildman–Crippen LogP) is 3.76. The Kier molecular flexibility index (Phi) is 6.14. The largest absolute Gasteiger partial charge is 0.467 e. The SMILES string of the molecule is O=C(NCc1ccco1)C1CCN(c2nccc3nc(NCc4ccccc4)ncc23)CC1. The van der Waals surface area contributed by atoms with Crippen molar-refractivity contribution in [1.82, 2.24) is 20.3 Å². The minimum Gasteiger partial charge on any atom is -0.467 e. The first-order valence-corrected chi connectivity index (χ1v) is 11.2. The molecule has 8 heteroatoms. The summed E-state index contributed by atoms with van der Waals surface area (Å²) in [5.74, 6) is 2.30. The van der Waals surface area contributed by atoms with Crippen LogP contribution in [0, 0.1) is 5.92 Å². The molecule has 0 aliphatic carbocycles. The van der Waals surface area contributed by atoms with E-state index in [1.54, 1.807) is 12.5 Å². The zero-order valence-corrected chi connectivity index (χ0v) is 18.3. The lowest BCUT2D eigenvalue weighted by Gasteiger charge is -2.32. The van der Waals surface area contributed by atoms with E-state index in [2.05, 4.69) is 42.6 Å². The number of fused-ring (bicyclic) bond motifs is 1. The van der Waals surface area contributed by atoms with Gasteiger partial charge in [0.1, 0.15) is 11.6 Å². The van der Waals surface area contributed by atoms with E-state index in [9.17, 15) is 4.79 Å². The Bertz CT molecular complexity index is 1200. The minimum atomic E-state index is -0.00349. The molecule has 1 aromatic carbocycles. The second kappa shape index (κ2) is 9.68. The third kappa shape index (κ3) is 4.95.